The van der Waals surface area contributed by atoms with Crippen molar-refractivity contribution >= 4 is 17.3 Å². The summed E-state index contributed by atoms with van der Waals surface area (Å²) < 4.78 is 0. The quantitative estimate of drug-likeness (QED) is 0.696. The van der Waals surface area contributed by atoms with Gasteiger partial charge in [-0.05, 0) is 44.6 Å². The van der Waals surface area contributed by atoms with Gasteiger partial charge in [-0.15, -0.1) is 0 Å². The Labute approximate surface area is 98.6 Å². The highest BCUT2D eigenvalue weighted by Crippen LogP contribution is 2.15. The fourth-order valence-electron chi connectivity index (χ4n) is 2.05. The maximum absolute atomic E-state index is 5.19. The van der Waals surface area contributed by atoms with Gasteiger partial charge in [0.15, 0.2) is 5.11 Å². The summed E-state index contributed by atoms with van der Waals surface area (Å²) in [6.45, 7) is 8.73. The van der Waals surface area contributed by atoms with Gasteiger partial charge in [-0.2, -0.15) is 0 Å². The Hall–Kier alpha value is -0.350. The molecule has 1 heterocycles. The van der Waals surface area contributed by atoms with Gasteiger partial charge in [0.05, 0.1) is 0 Å². The van der Waals surface area contributed by atoms with Crippen LogP contribution in [0, 0.1) is 0 Å². The third-order valence-corrected chi connectivity index (χ3v) is 3.23. The summed E-state index contributed by atoms with van der Waals surface area (Å²) in [6.07, 6.45) is 3.75. The summed E-state index contributed by atoms with van der Waals surface area (Å²) >= 11 is 5.19. The van der Waals surface area contributed by atoms with E-state index in [2.05, 4.69) is 29.4 Å². The van der Waals surface area contributed by atoms with Crippen molar-refractivity contribution in [3.8, 4) is 0 Å². The molecule has 1 aliphatic rings. The second-order valence-electron chi connectivity index (χ2n) is 4.06. The Balaban J connectivity index is 2.15. The van der Waals surface area contributed by atoms with E-state index in [9.17, 15) is 0 Å². The molecule has 0 aromatic rings. The van der Waals surface area contributed by atoms with E-state index in [0.29, 0.717) is 6.04 Å². The van der Waals surface area contributed by atoms with Gasteiger partial charge in [0.25, 0.3) is 0 Å². The van der Waals surface area contributed by atoms with E-state index in [4.69, 9.17) is 12.2 Å². The van der Waals surface area contributed by atoms with Gasteiger partial charge in [0.2, 0.25) is 0 Å². The predicted octanol–water partition coefficient (Wildman–Crippen LogP) is 1.34. The van der Waals surface area contributed by atoms with Crippen LogP contribution < -0.4 is 10.6 Å². The van der Waals surface area contributed by atoms with Crippen LogP contribution in [0.4, 0.5) is 0 Å². The van der Waals surface area contributed by atoms with Gasteiger partial charge in [-0.1, -0.05) is 13.8 Å². The smallest absolute Gasteiger partial charge is 0.166 e. The number of likely N-dealkylation sites (tertiary alicyclic amines) is 1. The van der Waals surface area contributed by atoms with E-state index < -0.39 is 0 Å². The highest BCUT2D eigenvalue weighted by Gasteiger charge is 2.22. The summed E-state index contributed by atoms with van der Waals surface area (Å²) in [6, 6.07) is 0.677. The Bertz CT molecular complexity index is 196. The van der Waals surface area contributed by atoms with E-state index in [1.807, 2.05) is 0 Å². The Kier molecular flexibility index (Phi) is 5.95. The zero-order valence-electron chi connectivity index (χ0n) is 9.88. The first-order valence-corrected chi connectivity index (χ1v) is 6.44. The number of likely N-dealkylation sites (N-methyl/N-ethyl adjacent to an activating group) is 1. The molecular formula is C11H23N3S. The van der Waals surface area contributed by atoms with Gasteiger partial charge in [0, 0.05) is 19.1 Å². The molecule has 3 nitrogen and oxygen atoms in total. The SMILES string of the molecule is CCCNC(=S)NC[C@H]1CCCN1CC. The lowest BCUT2D eigenvalue weighted by molar-refractivity contribution is 0.267. The molecule has 1 rings (SSSR count). The maximum Gasteiger partial charge on any atom is 0.166 e. The van der Waals surface area contributed by atoms with Gasteiger partial charge >= 0.3 is 0 Å². The van der Waals surface area contributed by atoms with Crippen molar-refractivity contribution in [3.05, 3.63) is 0 Å². The molecule has 0 aliphatic carbocycles. The summed E-state index contributed by atoms with van der Waals surface area (Å²) in [7, 11) is 0. The average Bonchev–Trinajstić information content (AvgIpc) is 2.70. The number of nitrogens with one attached hydrogen (secondary N) is 2. The first kappa shape index (κ1) is 12.7. The average molecular weight is 229 g/mol. The number of thiocarbonyl (C=S) groups is 1. The van der Waals surface area contributed by atoms with Crippen LogP contribution >= 0.6 is 12.2 Å². The second-order valence-corrected chi connectivity index (χ2v) is 4.47. The fourth-order valence-corrected chi connectivity index (χ4v) is 2.24. The minimum atomic E-state index is 0.677. The summed E-state index contributed by atoms with van der Waals surface area (Å²) in [5.74, 6) is 0. The van der Waals surface area contributed by atoms with Crippen LogP contribution in [0.3, 0.4) is 0 Å². The topological polar surface area (TPSA) is 27.3 Å². The van der Waals surface area contributed by atoms with E-state index in [0.717, 1.165) is 31.2 Å². The molecule has 0 unspecified atom stereocenters. The molecule has 0 amide bonds. The third-order valence-electron chi connectivity index (χ3n) is 2.94. The van der Waals surface area contributed by atoms with E-state index >= 15 is 0 Å². The van der Waals surface area contributed by atoms with Crippen LogP contribution in [-0.2, 0) is 0 Å². The normalized spacial score (nSPS) is 21.6. The molecule has 0 radical (unpaired) electrons. The largest absolute Gasteiger partial charge is 0.363 e. The first-order chi connectivity index (χ1) is 7.27. The van der Waals surface area contributed by atoms with E-state index in [1.165, 1.54) is 19.4 Å². The molecule has 4 heteroatoms. The molecule has 88 valence electrons. The number of hydrogen-bond donors (Lipinski definition) is 2. The summed E-state index contributed by atoms with van der Waals surface area (Å²) in [5.41, 5.74) is 0. The van der Waals surface area contributed by atoms with Crippen molar-refractivity contribution in [2.75, 3.05) is 26.2 Å². The molecule has 2 N–H and O–H groups in total. The first-order valence-electron chi connectivity index (χ1n) is 6.03. The van der Waals surface area contributed by atoms with E-state index in [-0.39, 0.29) is 0 Å². The Morgan fingerprint density at radius 1 is 1.40 bits per heavy atom. The third kappa shape index (κ3) is 4.34. The Morgan fingerprint density at radius 2 is 2.20 bits per heavy atom. The van der Waals surface area contributed by atoms with Gasteiger partial charge in [-0.25, -0.2) is 0 Å². The maximum atomic E-state index is 5.19. The molecular weight excluding hydrogens is 206 g/mol. The van der Waals surface area contributed by atoms with Crippen LogP contribution in [0.1, 0.15) is 33.1 Å². The minimum Gasteiger partial charge on any atom is -0.363 e. The zero-order valence-corrected chi connectivity index (χ0v) is 10.7. The highest BCUT2D eigenvalue weighted by molar-refractivity contribution is 7.80. The van der Waals surface area contributed by atoms with Gasteiger partial charge < -0.3 is 10.6 Å². The molecule has 1 atom stereocenters. The number of hydrogen-bond acceptors (Lipinski definition) is 2. The van der Waals surface area contributed by atoms with Gasteiger partial charge in [0.1, 0.15) is 0 Å². The molecule has 0 aromatic carbocycles. The number of rotatable bonds is 5. The molecule has 0 bridgehead atoms. The van der Waals surface area contributed by atoms with Crippen LogP contribution in [0.5, 0.6) is 0 Å². The molecule has 0 saturated carbocycles. The molecule has 1 fully saturated rings. The second kappa shape index (κ2) is 7.01. The minimum absolute atomic E-state index is 0.677. The molecule has 1 saturated heterocycles. The van der Waals surface area contributed by atoms with Crippen molar-refractivity contribution in [2.45, 2.75) is 39.2 Å². The predicted molar refractivity (Wildman–Crippen MR) is 69.2 cm³/mol. The summed E-state index contributed by atoms with van der Waals surface area (Å²) in [4.78, 5) is 2.52. The van der Waals surface area contributed by atoms with Crippen LogP contribution in [0.15, 0.2) is 0 Å². The lowest BCUT2D eigenvalue weighted by Gasteiger charge is -2.23. The van der Waals surface area contributed by atoms with Gasteiger partial charge in [-0.3, -0.25) is 4.90 Å². The highest BCUT2D eigenvalue weighted by atomic mass is 32.1. The van der Waals surface area contributed by atoms with Crippen molar-refractivity contribution in [1.29, 1.82) is 0 Å². The monoisotopic (exact) mass is 229 g/mol. The van der Waals surface area contributed by atoms with Crippen molar-refractivity contribution < 1.29 is 0 Å². The fraction of sp³-hybridized carbons (Fsp3) is 0.909. The number of nitrogens with zero attached hydrogens (tertiary/aromatic N) is 1. The standard InChI is InChI=1S/C11H23N3S/c1-3-7-12-11(15)13-9-10-6-5-8-14(10)4-2/h10H,3-9H2,1-2H3,(H2,12,13,15)/t10-/m1/s1. The van der Waals surface area contributed by atoms with Crippen molar-refractivity contribution in [1.82, 2.24) is 15.5 Å². The Morgan fingerprint density at radius 3 is 2.87 bits per heavy atom. The zero-order chi connectivity index (χ0) is 11.1. The molecule has 1 aliphatic heterocycles. The molecule has 0 spiro atoms. The lowest BCUT2D eigenvalue weighted by Crippen LogP contribution is -2.43. The van der Waals surface area contributed by atoms with Crippen molar-refractivity contribution in [2.24, 2.45) is 0 Å². The van der Waals surface area contributed by atoms with Crippen molar-refractivity contribution in [3.63, 3.8) is 0 Å². The molecule has 0 aromatic heterocycles. The van der Waals surface area contributed by atoms with E-state index in [1.54, 1.807) is 0 Å². The lowest BCUT2D eigenvalue weighted by atomic mass is 10.2. The summed E-state index contributed by atoms with van der Waals surface area (Å²) in [5, 5.41) is 7.30. The van der Waals surface area contributed by atoms with Crippen LogP contribution in [-0.4, -0.2) is 42.2 Å². The molecule has 15 heavy (non-hydrogen) atoms. The van der Waals surface area contributed by atoms with Crippen LogP contribution in [0.2, 0.25) is 0 Å². The van der Waals surface area contributed by atoms with Crippen LogP contribution in [0.25, 0.3) is 0 Å².